The molecule has 1 saturated heterocycles. The van der Waals surface area contributed by atoms with Crippen molar-refractivity contribution in [3.63, 3.8) is 0 Å². The standard InChI is InChI=1S/C49H68Cl2N4O9SSi/c1-30-32(16-15-17-39(30)59-12)27-54(34-18-19-34)42(56)35-20-21-49(29-53(44(57)62-46(3,4)5)28-38(35)55(49)45(58)63-47(6,7)8)40-26-52-43(65-40)61-23-22-60-41-36(50)24-33(25-37(41)51)31(2)64-66(13,14)48(9,10)11/h15-17,20,24-26,31,34,38H,18-19,21-23,27-29H2,1-14H3/t31-,38-,49-/m0/s1. The van der Waals surface area contributed by atoms with Crippen LogP contribution >= 0.6 is 34.5 Å². The molecule has 3 heterocycles. The van der Waals surface area contributed by atoms with Crippen LogP contribution in [0, 0.1) is 6.92 Å². The fraction of sp³-hybridized carbons (Fsp3) is 0.592. The lowest BCUT2D eigenvalue weighted by Gasteiger charge is -2.56. The van der Waals surface area contributed by atoms with Crippen molar-refractivity contribution in [2.24, 2.45) is 0 Å². The molecule has 1 aliphatic carbocycles. The van der Waals surface area contributed by atoms with E-state index in [0.29, 0.717) is 38.0 Å². The number of aromatic nitrogens is 1. The number of methoxy groups -OCH3 is 1. The number of hydrogen-bond acceptors (Lipinski definition) is 11. The third-order valence-electron chi connectivity index (χ3n) is 12.6. The zero-order valence-electron chi connectivity index (χ0n) is 41.1. The molecule has 1 saturated carbocycles. The van der Waals surface area contributed by atoms with Gasteiger partial charge in [0.25, 0.3) is 11.1 Å². The van der Waals surface area contributed by atoms with E-state index in [9.17, 15) is 9.59 Å². The number of fused-ring (bicyclic) bond motifs is 2. The number of piperazine rings is 1. The summed E-state index contributed by atoms with van der Waals surface area (Å²) in [6.07, 6.45) is 4.14. The maximum absolute atomic E-state index is 15.0. The molecule has 1 aromatic heterocycles. The molecule has 13 nitrogen and oxygen atoms in total. The van der Waals surface area contributed by atoms with Crippen LogP contribution in [0.25, 0.3) is 0 Å². The van der Waals surface area contributed by atoms with Crippen LogP contribution in [0.4, 0.5) is 9.59 Å². The quantitative estimate of drug-likeness (QED) is 0.114. The van der Waals surface area contributed by atoms with Crippen LogP contribution < -0.4 is 14.2 Å². The van der Waals surface area contributed by atoms with E-state index >= 15 is 4.79 Å². The van der Waals surface area contributed by atoms with Crippen molar-refractivity contribution >= 4 is 60.9 Å². The molecule has 2 aromatic carbocycles. The Morgan fingerprint density at radius 3 is 2.17 bits per heavy atom. The predicted molar refractivity (Wildman–Crippen MR) is 262 cm³/mol. The minimum absolute atomic E-state index is 0.0122. The number of carbonyl (C=O) groups is 3. The fourth-order valence-corrected chi connectivity index (χ4v) is 11.0. The van der Waals surface area contributed by atoms with E-state index in [0.717, 1.165) is 35.3 Å². The SMILES string of the molecule is COc1cccc(CN(C(=O)C2=CC[C@@]3(c4cnc(OCCOc5c(Cl)cc([C@H](C)O[Si](C)(C)C(C)(C)C)cc5Cl)s4)CN(C(=O)OC(C)(C)C)C[C@@H]2N3C(=O)OC(C)(C)C)C2CC2)c1C. The van der Waals surface area contributed by atoms with Crippen molar-refractivity contribution in [2.75, 3.05) is 33.4 Å². The Bertz CT molecular complexity index is 2290. The van der Waals surface area contributed by atoms with Gasteiger partial charge in [0.2, 0.25) is 0 Å². The van der Waals surface area contributed by atoms with Gasteiger partial charge in [-0.05, 0) is 128 Å². The molecule has 0 radical (unpaired) electrons. The summed E-state index contributed by atoms with van der Waals surface area (Å²) in [4.78, 5) is 54.2. The molecular formula is C49H68Cl2N4O9SSi. The number of ether oxygens (including phenoxy) is 5. The summed E-state index contributed by atoms with van der Waals surface area (Å²) in [5, 5.41) is 1.09. The van der Waals surface area contributed by atoms with Crippen molar-refractivity contribution in [1.82, 2.24) is 19.7 Å². The average Bonchev–Trinajstić information content (AvgIpc) is 3.92. The first-order valence-corrected chi connectivity index (χ1v) is 27.1. The molecule has 3 aromatic rings. The normalized spacial score (nSPS) is 19.5. The predicted octanol–water partition coefficient (Wildman–Crippen LogP) is 11.9. The van der Waals surface area contributed by atoms with Gasteiger partial charge in [-0.1, -0.05) is 73.5 Å². The highest BCUT2D eigenvalue weighted by atomic mass is 35.5. The number of thiazole rings is 1. The highest BCUT2D eigenvalue weighted by molar-refractivity contribution is 7.13. The largest absolute Gasteiger partial charge is 0.496 e. The number of rotatable bonds is 14. The van der Waals surface area contributed by atoms with Gasteiger partial charge in [-0.25, -0.2) is 14.6 Å². The van der Waals surface area contributed by atoms with E-state index in [4.69, 9.17) is 51.3 Å². The summed E-state index contributed by atoms with van der Waals surface area (Å²) < 4.78 is 36.4. The number of benzene rings is 2. The molecule has 2 aliphatic heterocycles. The molecule has 66 heavy (non-hydrogen) atoms. The second kappa shape index (κ2) is 19.5. The van der Waals surface area contributed by atoms with Crippen LogP contribution in [0.15, 0.2) is 48.2 Å². The first kappa shape index (κ1) is 51.4. The molecule has 3 aliphatic rings. The summed E-state index contributed by atoms with van der Waals surface area (Å²) in [6.45, 7) is 26.5. The highest BCUT2D eigenvalue weighted by Gasteiger charge is 2.58. The molecule has 0 unspecified atom stereocenters. The van der Waals surface area contributed by atoms with E-state index < -0.39 is 43.3 Å². The smallest absolute Gasteiger partial charge is 0.411 e. The molecule has 3 amide bonds. The van der Waals surface area contributed by atoms with Crippen LogP contribution in [0.5, 0.6) is 16.7 Å². The third kappa shape index (κ3) is 11.6. The molecule has 3 atom stereocenters. The van der Waals surface area contributed by atoms with Crippen LogP contribution in [0.2, 0.25) is 28.2 Å². The number of carbonyl (C=O) groups excluding carboxylic acids is 3. The number of hydrogen-bond donors (Lipinski definition) is 0. The molecule has 0 N–H and O–H groups in total. The zero-order chi connectivity index (χ0) is 48.7. The molecule has 362 valence electrons. The van der Waals surface area contributed by atoms with Crippen LogP contribution in [0.3, 0.4) is 0 Å². The van der Waals surface area contributed by atoms with E-state index in [2.05, 4.69) is 38.8 Å². The lowest BCUT2D eigenvalue weighted by molar-refractivity contribution is -0.131. The lowest BCUT2D eigenvalue weighted by atomic mass is 9.79. The van der Waals surface area contributed by atoms with Gasteiger partial charge in [-0.15, -0.1) is 0 Å². The summed E-state index contributed by atoms with van der Waals surface area (Å²) in [6, 6.07) is 8.63. The maximum Gasteiger partial charge on any atom is 0.411 e. The Morgan fingerprint density at radius 2 is 1.58 bits per heavy atom. The Kier molecular flexibility index (Phi) is 15.2. The summed E-state index contributed by atoms with van der Waals surface area (Å²) in [7, 11) is -0.418. The third-order valence-corrected chi connectivity index (χ3v) is 18.8. The first-order chi connectivity index (χ1) is 30.6. The van der Waals surface area contributed by atoms with E-state index in [1.165, 1.54) is 11.3 Å². The van der Waals surface area contributed by atoms with Crippen molar-refractivity contribution in [3.05, 3.63) is 79.8 Å². The van der Waals surface area contributed by atoms with E-state index in [1.54, 1.807) is 64.6 Å². The lowest BCUT2D eigenvalue weighted by Crippen LogP contribution is -2.70. The van der Waals surface area contributed by atoms with Gasteiger partial charge >= 0.3 is 12.2 Å². The Labute approximate surface area is 406 Å². The van der Waals surface area contributed by atoms with Crippen molar-refractivity contribution in [1.29, 1.82) is 0 Å². The van der Waals surface area contributed by atoms with Crippen LogP contribution in [-0.4, -0.2) is 103 Å². The maximum atomic E-state index is 15.0. The van der Waals surface area contributed by atoms with Gasteiger partial charge in [-0.2, -0.15) is 0 Å². The fourth-order valence-electron chi connectivity index (χ4n) is 8.07. The minimum atomic E-state index is -2.05. The Balaban J connectivity index is 1.28. The number of halogens is 2. The molecule has 17 heteroatoms. The summed E-state index contributed by atoms with van der Waals surface area (Å²) in [5.41, 5.74) is 0.344. The van der Waals surface area contributed by atoms with Gasteiger partial charge in [-0.3, -0.25) is 9.69 Å². The van der Waals surface area contributed by atoms with Gasteiger partial charge in [0.1, 0.15) is 35.7 Å². The van der Waals surface area contributed by atoms with E-state index in [-0.39, 0.29) is 55.8 Å². The zero-order valence-corrected chi connectivity index (χ0v) is 44.4. The second-order valence-corrected chi connectivity index (χ2v) is 27.6. The average molecular weight is 988 g/mol. The van der Waals surface area contributed by atoms with Gasteiger partial charge < -0.3 is 37.9 Å². The van der Waals surface area contributed by atoms with Gasteiger partial charge in [0.05, 0.1) is 40.7 Å². The Morgan fingerprint density at radius 1 is 0.955 bits per heavy atom. The topological polar surface area (TPSA) is 129 Å². The van der Waals surface area contributed by atoms with Gasteiger partial charge in [0.15, 0.2) is 14.1 Å². The van der Waals surface area contributed by atoms with Crippen molar-refractivity contribution in [2.45, 2.75) is 155 Å². The molecule has 2 bridgehead atoms. The summed E-state index contributed by atoms with van der Waals surface area (Å²) >= 11 is 14.7. The first-order valence-electron chi connectivity index (χ1n) is 22.7. The van der Waals surface area contributed by atoms with Crippen molar-refractivity contribution in [3.8, 4) is 16.7 Å². The molecule has 2 fully saturated rings. The molecule has 0 spiro atoms. The molecule has 6 rings (SSSR count). The second-order valence-electron chi connectivity index (χ2n) is 21.1. The summed E-state index contributed by atoms with van der Waals surface area (Å²) in [5.74, 6) is 0.881. The number of nitrogens with zero attached hydrogens (tertiary/aromatic N) is 4. The van der Waals surface area contributed by atoms with Gasteiger partial charge in [0, 0.05) is 30.9 Å². The Hall–Kier alpha value is -4.02. The monoisotopic (exact) mass is 986 g/mol. The molecular weight excluding hydrogens is 920 g/mol. The van der Waals surface area contributed by atoms with Crippen molar-refractivity contribution < 1.29 is 42.5 Å². The van der Waals surface area contributed by atoms with Crippen LogP contribution in [0.1, 0.15) is 116 Å². The minimum Gasteiger partial charge on any atom is -0.496 e. The van der Waals surface area contributed by atoms with E-state index in [1.807, 2.05) is 55.2 Å². The number of amides is 3. The van der Waals surface area contributed by atoms with Crippen LogP contribution in [-0.2, 0) is 30.8 Å². The highest BCUT2D eigenvalue weighted by Crippen LogP contribution is 2.49.